The Morgan fingerprint density at radius 2 is 2.00 bits per heavy atom. The maximum absolute atomic E-state index is 13.7. The summed E-state index contributed by atoms with van der Waals surface area (Å²) in [7, 11) is 0. The molecule has 0 saturated heterocycles. The summed E-state index contributed by atoms with van der Waals surface area (Å²) < 4.78 is 26.8. The number of nitrogens with zero attached hydrogens (tertiary/aromatic N) is 1. The monoisotopic (exact) mass is 304 g/mol. The number of nitro groups is 1. The second-order valence-corrected chi connectivity index (χ2v) is 3.94. The number of benzene rings is 1. The van der Waals surface area contributed by atoms with Crippen molar-refractivity contribution in [1.29, 1.82) is 0 Å². The quantitative estimate of drug-likeness (QED) is 0.516. The van der Waals surface area contributed by atoms with Crippen molar-refractivity contribution < 1.29 is 33.5 Å². The normalized spacial score (nSPS) is 11.8. The standard InChI is InChI=1S/C11H10F2N2O6/c12-5-3-6(9(13)7(4-5)15(20)21)10(17)14-2-1-8(16)11(18)19/h3-4,8,16H,1-2H2,(H,14,17)(H,18,19). The number of halogens is 2. The van der Waals surface area contributed by atoms with E-state index < -0.39 is 45.8 Å². The highest BCUT2D eigenvalue weighted by atomic mass is 19.1. The van der Waals surface area contributed by atoms with Gasteiger partial charge in [-0.15, -0.1) is 0 Å². The highest BCUT2D eigenvalue weighted by molar-refractivity contribution is 5.95. The van der Waals surface area contributed by atoms with Crippen molar-refractivity contribution in [2.45, 2.75) is 12.5 Å². The molecule has 10 heteroatoms. The number of carboxylic acid groups (broad SMARTS) is 1. The van der Waals surface area contributed by atoms with Gasteiger partial charge in [0.15, 0.2) is 6.10 Å². The molecule has 21 heavy (non-hydrogen) atoms. The Kier molecular flexibility index (Phi) is 5.24. The number of carboxylic acids is 1. The first-order valence-electron chi connectivity index (χ1n) is 5.56. The smallest absolute Gasteiger partial charge is 0.332 e. The van der Waals surface area contributed by atoms with Crippen LogP contribution in [-0.4, -0.2) is 39.7 Å². The summed E-state index contributed by atoms with van der Waals surface area (Å²) in [5.41, 5.74) is -2.07. The summed E-state index contributed by atoms with van der Waals surface area (Å²) in [5.74, 6) is -5.33. The van der Waals surface area contributed by atoms with Crippen LogP contribution in [0.2, 0.25) is 0 Å². The van der Waals surface area contributed by atoms with Crippen LogP contribution in [0.3, 0.4) is 0 Å². The molecule has 0 aliphatic rings. The lowest BCUT2D eigenvalue weighted by Crippen LogP contribution is -2.30. The van der Waals surface area contributed by atoms with E-state index in [4.69, 9.17) is 10.2 Å². The molecule has 0 spiro atoms. The topological polar surface area (TPSA) is 130 Å². The SMILES string of the molecule is O=C(NCCC(O)C(=O)O)c1cc(F)cc([N+](=O)[O-])c1F. The molecule has 0 aliphatic heterocycles. The largest absolute Gasteiger partial charge is 0.479 e. The minimum absolute atomic E-state index is 0.334. The van der Waals surface area contributed by atoms with E-state index in [-0.39, 0.29) is 13.0 Å². The Morgan fingerprint density at radius 3 is 2.52 bits per heavy atom. The molecule has 1 amide bonds. The van der Waals surface area contributed by atoms with E-state index in [2.05, 4.69) is 0 Å². The highest BCUT2D eigenvalue weighted by Crippen LogP contribution is 2.22. The number of carbonyl (C=O) groups is 2. The first kappa shape index (κ1) is 16.4. The third-order valence-electron chi connectivity index (χ3n) is 2.45. The van der Waals surface area contributed by atoms with Gasteiger partial charge in [-0.2, -0.15) is 4.39 Å². The number of hydrogen-bond acceptors (Lipinski definition) is 5. The molecule has 0 aromatic heterocycles. The fourth-order valence-corrected chi connectivity index (χ4v) is 1.41. The average molecular weight is 304 g/mol. The van der Waals surface area contributed by atoms with Crippen molar-refractivity contribution in [1.82, 2.24) is 5.32 Å². The predicted octanol–water partition coefficient (Wildman–Crippen LogP) is 0.438. The van der Waals surface area contributed by atoms with Gasteiger partial charge in [0.25, 0.3) is 5.91 Å². The Bertz CT molecular complexity index is 592. The van der Waals surface area contributed by atoms with Gasteiger partial charge < -0.3 is 15.5 Å². The summed E-state index contributed by atoms with van der Waals surface area (Å²) in [6.07, 6.45) is -2.09. The lowest BCUT2D eigenvalue weighted by Gasteiger charge is -2.08. The predicted molar refractivity (Wildman–Crippen MR) is 63.6 cm³/mol. The molecular weight excluding hydrogens is 294 g/mol. The molecule has 3 N–H and O–H groups in total. The van der Waals surface area contributed by atoms with E-state index in [9.17, 15) is 28.5 Å². The van der Waals surface area contributed by atoms with Crippen molar-refractivity contribution in [3.63, 3.8) is 0 Å². The summed E-state index contributed by atoms with van der Waals surface area (Å²) >= 11 is 0. The molecule has 0 saturated carbocycles. The van der Waals surface area contributed by atoms with Crippen LogP contribution in [0.4, 0.5) is 14.5 Å². The summed E-state index contributed by atoms with van der Waals surface area (Å²) in [6, 6.07) is 0.811. The molecular formula is C11H10F2N2O6. The summed E-state index contributed by atoms with van der Waals surface area (Å²) in [6.45, 7) is -0.337. The highest BCUT2D eigenvalue weighted by Gasteiger charge is 2.24. The number of hydrogen-bond donors (Lipinski definition) is 3. The number of amides is 1. The van der Waals surface area contributed by atoms with Gasteiger partial charge in [-0.05, 0) is 6.07 Å². The van der Waals surface area contributed by atoms with Gasteiger partial charge in [-0.3, -0.25) is 14.9 Å². The van der Waals surface area contributed by atoms with Gasteiger partial charge in [0.2, 0.25) is 5.82 Å². The first-order valence-corrected chi connectivity index (χ1v) is 5.56. The summed E-state index contributed by atoms with van der Waals surface area (Å²) in [4.78, 5) is 31.2. The zero-order chi connectivity index (χ0) is 16.2. The van der Waals surface area contributed by atoms with Crippen molar-refractivity contribution in [3.8, 4) is 0 Å². The van der Waals surface area contributed by atoms with Gasteiger partial charge in [-0.25, -0.2) is 9.18 Å². The minimum Gasteiger partial charge on any atom is -0.479 e. The molecule has 1 unspecified atom stereocenters. The fraction of sp³-hybridized carbons (Fsp3) is 0.273. The van der Waals surface area contributed by atoms with E-state index in [0.717, 1.165) is 0 Å². The molecule has 1 atom stereocenters. The molecule has 0 heterocycles. The molecule has 114 valence electrons. The number of carbonyl (C=O) groups excluding carboxylic acids is 1. The van der Waals surface area contributed by atoms with Crippen LogP contribution in [0.1, 0.15) is 16.8 Å². The maximum atomic E-state index is 13.7. The van der Waals surface area contributed by atoms with Crippen molar-refractivity contribution in [3.05, 3.63) is 39.4 Å². The third-order valence-corrected chi connectivity index (χ3v) is 2.45. The van der Waals surface area contributed by atoms with Crippen molar-refractivity contribution in [2.24, 2.45) is 0 Å². The molecule has 1 aromatic rings. The number of aliphatic carboxylic acids is 1. The molecule has 1 rings (SSSR count). The van der Waals surface area contributed by atoms with E-state index in [1.807, 2.05) is 5.32 Å². The Morgan fingerprint density at radius 1 is 1.38 bits per heavy atom. The summed E-state index contributed by atoms with van der Waals surface area (Å²) in [5, 5.41) is 29.9. The van der Waals surface area contributed by atoms with E-state index in [0.29, 0.717) is 12.1 Å². The van der Waals surface area contributed by atoms with Crippen LogP contribution >= 0.6 is 0 Å². The van der Waals surface area contributed by atoms with Gasteiger partial charge in [0, 0.05) is 13.0 Å². The molecule has 1 aromatic carbocycles. The van der Waals surface area contributed by atoms with Gasteiger partial charge in [0.1, 0.15) is 5.82 Å². The van der Waals surface area contributed by atoms with Gasteiger partial charge in [-0.1, -0.05) is 0 Å². The number of aliphatic hydroxyl groups excluding tert-OH is 1. The Balaban J connectivity index is 2.83. The number of nitro benzene ring substituents is 1. The minimum atomic E-state index is -1.73. The molecule has 0 bridgehead atoms. The zero-order valence-corrected chi connectivity index (χ0v) is 10.4. The Labute approximate surface area is 116 Å². The third kappa shape index (κ3) is 4.18. The van der Waals surface area contributed by atoms with Crippen molar-refractivity contribution in [2.75, 3.05) is 6.54 Å². The van der Waals surface area contributed by atoms with Crippen LogP contribution in [0.25, 0.3) is 0 Å². The van der Waals surface area contributed by atoms with Crippen LogP contribution in [0.15, 0.2) is 12.1 Å². The van der Waals surface area contributed by atoms with Crippen molar-refractivity contribution >= 4 is 17.6 Å². The molecule has 8 nitrogen and oxygen atoms in total. The second kappa shape index (κ2) is 6.70. The van der Waals surface area contributed by atoms with E-state index in [1.54, 1.807) is 0 Å². The van der Waals surface area contributed by atoms with Crippen LogP contribution < -0.4 is 5.32 Å². The number of nitrogens with one attached hydrogen (secondary N) is 1. The van der Waals surface area contributed by atoms with E-state index >= 15 is 0 Å². The Hall–Kier alpha value is -2.62. The van der Waals surface area contributed by atoms with Crippen LogP contribution in [-0.2, 0) is 4.79 Å². The van der Waals surface area contributed by atoms with Gasteiger partial charge in [0.05, 0.1) is 16.6 Å². The molecule has 0 fully saturated rings. The first-order chi connectivity index (χ1) is 9.73. The molecule has 0 radical (unpaired) electrons. The lowest BCUT2D eigenvalue weighted by molar-refractivity contribution is -0.387. The fourth-order valence-electron chi connectivity index (χ4n) is 1.41. The number of rotatable bonds is 6. The van der Waals surface area contributed by atoms with Crippen LogP contribution in [0, 0.1) is 21.7 Å². The number of aliphatic hydroxyl groups is 1. The zero-order valence-electron chi connectivity index (χ0n) is 10.4. The second-order valence-electron chi connectivity index (χ2n) is 3.94. The molecule has 0 aliphatic carbocycles. The lowest BCUT2D eigenvalue weighted by atomic mass is 10.1. The average Bonchev–Trinajstić information content (AvgIpc) is 2.40. The van der Waals surface area contributed by atoms with E-state index in [1.165, 1.54) is 0 Å². The maximum Gasteiger partial charge on any atom is 0.332 e. The van der Waals surface area contributed by atoms with Gasteiger partial charge >= 0.3 is 11.7 Å². The van der Waals surface area contributed by atoms with Crippen LogP contribution in [0.5, 0.6) is 0 Å².